The van der Waals surface area contributed by atoms with Gasteiger partial charge in [0.2, 0.25) is 0 Å². The van der Waals surface area contributed by atoms with Crippen molar-refractivity contribution < 1.29 is 14.6 Å². The number of carbonyl (C=O) groups is 1. The van der Waals surface area contributed by atoms with Crippen LogP contribution in [0, 0.1) is 6.92 Å². The van der Waals surface area contributed by atoms with Crippen LogP contribution in [0.4, 0.5) is 4.79 Å². The van der Waals surface area contributed by atoms with Crippen LogP contribution in [0.15, 0.2) is 18.2 Å². The molecule has 0 bridgehead atoms. The Kier molecular flexibility index (Phi) is 4.78. The Labute approximate surface area is 105 Å². The van der Waals surface area contributed by atoms with Crippen molar-refractivity contribution in [2.24, 2.45) is 5.73 Å². The molecule has 0 aliphatic rings. The maximum atomic E-state index is 10.8. The lowest BCUT2D eigenvalue weighted by atomic mass is 10.0. The molecule has 2 atom stereocenters. The number of aryl methyl sites for hydroxylation is 1. The number of amides is 1. The minimum Gasteiger partial charge on any atom is -0.439 e. The van der Waals surface area contributed by atoms with Gasteiger partial charge in [0.15, 0.2) is 6.10 Å². The van der Waals surface area contributed by atoms with E-state index in [-0.39, 0.29) is 0 Å². The number of ether oxygens (including phenoxy) is 1. The number of rotatable bonds is 4. The summed E-state index contributed by atoms with van der Waals surface area (Å²) in [4.78, 5) is 10.8. The highest BCUT2D eigenvalue weighted by Crippen LogP contribution is 2.30. The summed E-state index contributed by atoms with van der Waals surface area (Å²) in [6.07, 6.45) is -2.16. The van der Waals surface area contributed by atoms with Crippen LogP contribution in [0.5, 0.6) is 0 Å². The SMILES string of the molecule is CCC(O)C(OC(N)=O)c1ccc(C)cc1Cl. The number of nitrogens with two attached hydrogens (primary N) is 1. The standard InChI is InChI=1S/C12H16ClNO3/c1-3-10(15)11(17-12(14)16)8-5-4-7(2)6-9(8)13/h4-6,10-11,15H,3H2,1-2H3,(H2,14,16). The van der Waals surface area contributed by atoms with Gasteiger partial charge in [0.25, 0.3) is 0 Å². The smallest absolute Gasteiger partial charge is 0.405 e. The van der Waals surface area contributed by atoms with Gasteiger partial charge in [-0.15, -0.1) is 0 Å². The van der Waals surface area contributed by atoms with E-state index in [0.717, 1.165) is 5.56 Å². The molecule has 3 N–H and O–H groups in total. The summed E-state index contributed by atoms with van der Waals surface area (Å²) in [7, 11) is 0. The Balaban J connectivity index is 3.07. The van der Waals surface area contributed by atoms with Crippen molar-refractivity contribution >= 4 is 17.7 Å². The van der Waals surface area contributed by atoms with E-state index in [1.54, 1.807) is 19.1 Å². The summed E-state index contributed by atoms with van der Waals surface area (Å²) in [6, 6.07) is 5.31. The van der Waals surface area contributed by atoms with Gasteiger partial charge in [0.1, 0.15) is 0 Å². The second kappa shape index (κ2) is 5.89. The molecule has 0 aliphatic heterocycles. The van der Waals surface area contributed by atoms with Crippen LogP contribution in [0.25, 0.3) is 0 Å². The van der Waals surface area contributed by atoms with Crippen LogP contribution < -0.4 is 5.73 Å². The zero-order chi connectivity index (χ0) is 13.0. The molecular formula is C12H16ClNO3. The van der Waals surface area contributed by atoms with E-state index in [1.165, 1.54) is 0 Å². The van der Waals surface area contributed by atoms with Gasteiger partial charge in [-0.05, 0) is 25.0 Å². The molecular weight excluding hydrogens is 242 g/mol. The molecule has 0 radical (unpaired) electrons. The molecule has 1 amide bonds. The van der Waals surface area contributed by atoms with Crippen molar-refractivity contribution in [1.82, 2.24) is 0 Å². The van der Waals surface area contributed by atoms with Crippen LogP contribution in [0.3, 0.4) is 0 Å². The minimum atomic E-state index is -0.931. The Morgan fingerprint density at radius 1 is 1.59 bits per heavy atom. The topological polar surface area (TPSA) is 72.6 Å². The van der Waals surface area contributed by atoms with E-state index >= 15 is 0 Å². The highest BCUT2D eigenvalue weighted by atomic mass is 35.5. The first-order chi connectivity index (χ1) is 7.95. The lowest BCUT2D eigenvalue weighted by molar-refractivity contribution is 0.00340. The third-order valence-corrected chi connectivity index (χ3v) is 2.80. The zero-order valence-corrected chi connectivity index (χ0v) is 10.6. The molecule has 0 saturated carbocycles. The third-order valence-electron chi connectivity index (χ3n) is 2.47. The maximum Gasteiger partial charge on any atom is 0.405 e. The molecule has 5 heteroatoms. The lowest BCUT2D eigenvalue weighted by Crippen LogP contribution is -2.26. The summed E-state index contributed by atoms with van der Waals surface area (Å²) < 4.78 is 4.91. The maximum absolute atomic E-state index is 10.8. The van der Waals surface area contributed by atoms with Gasteiger partial charge in [-0.2, -0.15) is 0 Å². The highest BCUT2D eigenvalue weighted by molar-refractivity contribution is 6.31. The largest absolute Gasteiger partial charge is 0.439 e. The average molecular weight is 258 g/mol. The second-order valence-electron chi connectivity index (χ2n) is 3.86. The summed E-state index contributed by atoms with van der Waals surface area (Å²) in [5, 5.41) is 10.3. The van der Waals surface area contributed by atoms with Crippen LogP contribution in [-0.2, 0) is 4.74 Å². The molecule has 1 aromatic rings. The predicted molar refractivity (Wildman–Crippen MR) is 65.9 cm³/mol. The minimum absolute atomic E-state index is 0.433. The monoisotopic (exact) mass is 257 g/mol. The van der Waals surface area contributed by atoms with Crippen LogP contribution in [0.1, 0.15) is 30.6 Å². The fraction of sp³-hybridized carbons (Fsp3) is 0.417. The third kappa shape index (κ3) is 3.61. The number of hydrogen-bond donors (Lipinski definition) is 2. The number of halogens is 1. The van der Waals surface area contributed by atoms with E-state index < -0.39 is 18.3 Å². The molecule has 94 valence electrons. The van der Waals surface area contributed by atoms with Gasteiger partial charge in [0, 0.05) is 10.6 Å². The predicted octanol–water partition coefficient (Wildman–Crippen LogP) is 2.56. The molecule has 1 aromatic carbocycles. The number of aliphatic hydroxyl groups is 1. The Bertz CT molecular complexity index is 409. The van der Waals surface area contributed by atoms with Crippen molar-refractivity contribution in [2.45, 2.75) is 32.5 Å². The van der Waals surface area contributed by atoms with Gasteiger partial charge in [-0.3, -0.25) is 0 Å². The van der Waals surface area contributed by atoms with E-state index in [1.807, 2.05) is 13.0 Å². The molecule has 0 heterocycles. The number of hydrogen-bond acceptors (Lipinski definition) is 3. The highest BCUT2D eigenvalue weighted by Gasteiger charge is 2.25. The van der Waals surface area contributed by atoms with Crippen molar-refractivity contribution in [1.29, 1.82) is 0 Å². The van der Waals surface area contributed by atoms with E-state index in [0.29, 0.717) is 17.0 Å². The molecule has 4 nitrogen and oxygen atoms in total. The number of aliphatic hydroxyl groups excluding tert-OH is 1. The fourth-order valence-electron chi connectivity index (χ4n) is 1.55. The first-order valence-corrected chi connectivity index (χ1v) is 5.73. The molecule has 2 unspecified atom stereocenters. The molecule has 0 saturated heterocycles. The van der Waals surface area contributed by atoms with Gasteiger partial charge in [0.05, 0.1) is 6.10 Å². The van der Waals surface area contributed by atoms with E-state index in [4.69, 9.17) is 22.1 Å². The molecule has 0 spiro atoms. The van der Waals surface area contributed by atoms with Crippen molar-refractivity contribution in [3.05, 3.63) is 34.3 Å². The Morgan fingerprint density at radius 3 is 2.71 bits per heavy atom. The first kappa shape index (κ1) is 13.8. The Hall–Kier alpha value is -1.26. The van der Waals surface area contributed by atoms with Crippen molar-refractivity contribution in [3.8, 4) is 0 Å². The second-order valence-corrected chi connectivity index (χ2v) is 4.27. The van der Waals surface area contributed by atoms with Gasteiger partial charge in [-0.25, -0.2) is 4.79 Å². The van der Waals surface area contributed by atoms with Gasteiger partial charge in [-0.1, -0.05) is 30.7 Å². The lowest BCUT2D eigenvalue weighted by Gasteiger charge is -2.22. The fourth-order valence-corrected chi connectivity index (χ4v) is 1.89. The van der Waals surface area contributed by atoms with Gasteiger partial charge < -0.3 is 15.6 Å². The zero-order valence-electron chi connectivity index (χ0n) is 9.81. The normalized spacial score (nSPS) is 14.1. The summed E-state index contributed by atoms with van der Waals surface area (Å²) in [5.41, 5.74) is 6.54. The molecule has 17 heavy (non-hydrogen) atoms. The summed E-state index contributed by atoms with van der Waals surface area (Å²) in [5.74, 6) is 0. The molecule has 0 aliphatic carbocycles. The number of carbonyl (C=O) groups excluding carboxylic acids is 1. The molecule has 1 rings (SSSR count). The van der Waals surface area contributed by atoms with Crippen LogP contribution in [-0.4, -0.2) is 17.3 Å². The molecule has 0 fully saturated rings. The van der Waals surface area contributed by atoms with E-state index in [9.17, 15) is 9.90 Å². The average Bonchev–Trinajstić information content (AvgIpc) is 2.25. The van der Waals surface area contributed by atoms with Crippen LogP contribution in [0.2, 0.25) is 5.02 Å². The van der Waals surface area contributed by atoms with Crippen molar-refractivity contribution in [3.63, 3.8) is 0 Å². The number of primary amides is 1. The molecule has 0 aromatic heterocycles. The Morgan fingerprint density at radius 2 is 2.24 bits per heavy atom. The quantitative estimate of drug-likeness (QED) is 0.871. The summed E-state index contributed by atoms with van der Waals surface area (Å²) >= 11 is 6.07. The van der Waals surface area contributed by atoms with Crippen LogP contribution >= 0.6 is 11.6 Å². The number of benzene rings is 1. The summed E-state index contributed by atoms with van der Waals surface area (Å²) in [6.45, 7) is 3.68. The first-order valence-electron chi connectivity index (χ1n) is 5.36. The van der Waals surface area contributed by atoms with E-state index in [2.05, 4.69) is 0 Å². The van der Waals surface area contributed by atoms with Gasteiger partial charge >= 0.3 is 6.09 Å². The van der Waals surface area contributed by atoms with Crippen molar-refractivity contribution in [2.75, 3.05) is 0 Å².